The third kappa shape index (κ3) is 8.57. The van der Waals surface area contributed by atoms with Gasteiger partial charge in [0.15, 0.2) is 0 Å². The fourth-order valence-corrected chi connectivity index (χ4v) is 9.79. The molecule has 1 saturated carbocycles. The minimum atomic E-state index is -1.10. The van der Waals surface area contributed by atoms with Crippen LogP contribution >= 0.6 is 11.8 Å². The first-order valence-corrected chi connectivity index (χ1v) is 20.0. The maximum Gasteiger partial charge on any atom is 0.231 e. The van der Waals surface area contributed by atoms with Crippen LogP contribution in [0.25, 0.3) is 0 Å². The summed E-state index contributed by atoms with van der Waals surface area (Å²) < 4.78 is 20.8. The molecule has 10 heteroatoms. The summed E-state index contributed by atoms with van der Waals surface area (Å²) >= 11 is 1.67. The average Bonchev–Trinajstić information content (AvgIpc) is 3.15. The molecule has 9 nitrogen and oxygen atoms in total. The maximum atomic E-state index is 11.7. The minimum absolute atomic E-state index is 0.0488. The second-order valence-corrected chi connectivity index (χ2v) is 15.9. The summed E-state index contributed by atoms with van der Waals surface area (Å²) in [7, 11) is 1.59. The van der Waals surface area contributed by atoms with Crippen molar-refractivity contribution >= 4 is 29.1 Å². The number of aryl methyl sites for hydroxylation is 2. The number of unbranched alkanes of at least 4 members (excludes halogenated alkanes) is 2. The molecule has 6 atom stereocenters. The standard InChI is InChI=1S/C44H54N2O7S/c1-6-23-51-44-41(54-35-18-14-32(15-19-35)45-30(4)49)27-39(46-50-5)37-25-31(11-7-9-21-47)36(12-8-10-22-48)42(43(37)44)38-26-34(17-20-40(38)53-44)52-33-16-13-28(2)29(3)24-33/h6,13-20,24-26,31,36,41-43,47-48H,1,7-12,21-23,27H2,2-5H3,(H,45,49). The number of hydrogen-bond acceptors (Lipinski definition) is 9. The van der Waals surface area contributed by atoms with Gasteiger partial charge >= 0.3 is 0 Å². The highest BCUT2D eigenvalue weighted by atomic mass is 32.2. The first-order valence-electron chi connectivity index (χ1n) is 19.1. The van der Waals surface area contributed by atoms with Crippen molar-refractivity contribution < 1.29 is 34.1 Å². The lowest BCUT2D eigenvalue weighted by Gasteiger charge is -2.58. The molecule has 3 aliphatic rings. The van der Waals surface area contributed by atoms with E-state index in [1.165, 1.54) is 12.5 Å². The van der Waals surface area contributed by atoms with Crippen LogP contribution in [-0.4, -0.2) is 59.8 Å². The summed E-state index contributed by atoms with van der Waals surface area (Å²) in [5.74, 6) is 1.10. The number of ether oxygens (including phenoxy) is 3. The largest absolute Gasteiger partial charge is 0.460 e. The first kappa shape index (κ1) is 39.6. The summed E-state index contributed by atoms with van der Waals surface area (Å²) in [6.07, 6.45) is 9.70. The molecule has 0 saturated heterocycles. The third-order valence-electron chi connectivity index (χ3n) is 11.0. The van der Waals surface area contributed by atoms with Crippen LogP contribution in [0.3, 0.4) is 0 Å². The van der Waals surface area contributed by atoms with Crippen molar-refractivity contribution in [3.63, 3.8) is 0 Å². The number of allylic oxidation sites excluding steroid dienone is 1. The van der Waals surface area contributed by atoms with Gasteiger partial charge in [0, 0.05) is 48.6 Å². The van der Waals surface area contributed by atoms with Gasteiger partial charge in [0.2, 0.25) is 11.7 Å². The molecule has 288 valence electrons. The van der Waals surface area contributed by atoms with E-state index in [4.69, 9.17) is 19.0 Å². The van der Waals surface area contributed by atoms with Gasteiger partial charge in [-0.15, -0.1) is 18.3 Å². The summed E-state index contributed by atoms with van der Waals surface area (Å²) in [4.78, 5) is 18.3. The zero-order valence-electron chi connectivity index (χ0n) is 31.9. The molecule has 0 aromatic heterocycles. The molecule has 0 bridgehead atoms. The number of oxime groups is 1. The zero-order chi connectivity index (χ0) is 38.2. The van der Waals surface area contributed by atoms with Gasteiger partial charge in [0.05, 0.1) is 23.5 Å². The molecule has 54 heavy (non-hydrogen) atoms. The number of aliphatic hydroxyl groups is 2. The minimum Gasteiger partial charge on any atom is -0.460 e. The lowest BCUT2D eigenvalue weighted by atomic mass is 9.56. The van der Waals surface area contributed by atoms with Crippen molar-refractivity contribution in [2.45, 2.75) is 87.6 Å². The Hall–Kier alpha value is -4.09. The molecule has 3 N–H and O–H groups in total. The number of benzene rings is 3. The van der Waals surface area contributed by atoms with E-state index >= 15 is 0 Å². The van der Waals surface area contributed by atoms with E-state index < -0.39 is 5.79 Å². The number of carbonyl (C=O) groups is 1. The van der Waals surface area contributed by atoms with Crippen LogP contribution in [0.5, 0.6) is 17.2 Å². The van der Waals surface area contributed by atoms with Crippen molar-refractivity contribution in [2.75, 3.05) is 32.2 Å². The van der Waals surface area contributed by atoms with Gasteiger partial charge in [-0.3, -0.25) is 4.79 Å². The SMILES string of the molecule is C=CCOC12Oc3ccc(Oc4ccc(C)c(C)c4)cc3C3C(CCCCO)C(CCCCO)C=C(C(=NOC)CC1Sc1ccc(NC(C)=O)cc1)C32. The molecule has 1 amide bonds. The van der Waals surface area contributed by atoms with Crippen LogP contribution in [0, 0.1) is 31.6 Å². The smallest absolute Gasteiger partial charge is 0.231 e. The summed E-state index contributed by atoms with van der Waals surface area (Å²) in [6, 6.07) is 20.1. The Balaban J connectivity index is 1.52. The number of fused-ring (bicyclic) bond motifs is 2. The van der Waals surface area contributed by atoms with Gasteiger partial charge in [-0.1, -0.05) is 36.2 Å². The highest BCUT2D eigenvalue weighted by Crippen LogP contribution is 2.63. The van der Waals surface area contributed by atoms with E-state index in [2.05, 4.69) is 55.2 Å². The number of amides is 1. The Bertz CT molecular complexity index is 1840. The highest BCUT2D eigenvalue weighted by molar-refractivity contribution is 8.00. The summed E-state index contributed by atoms with van der Waals surface area (Å²) in [5, 5.41) is 26.9. The van der Waals surface area contributed by atoms with Crippen molar-refractivity contribution in [1.82, 2.24) is 0 Å². The van der Waals surface area contributed by atoms with Gasteiger partial charge < -0.3 is 34.6 Å². The van der Waals surface area contributed by atoms with Crippen molar-refractivity contribution in [1.29, 1.82) is 0 Å². The van der Waals surface area contributed by atoms with Gasteiger partial charge in [0.25, 0.3) is 0 Å². The Morgan fingerprint density at radius 3 is 2.41 bits per heavy atom. The van der Waals surface area contributed by atoms with Crippen LogP contribution in [0.2, 0.25) is 0 Å². The normalized spacial score (nSPS) is 24.8. The monoisotopic (exact) mass is 754 g/mol. The molecule has 0 spiro atoms. The van der Waals surface area contributed by atoms with E-state index in [1.54, 1.807) is 24.9 Å². The van der Waals surface area contributed by atoms with Crippen LogP contribution in [0.15, 0.2) is 95.0 Å². The van der Waals surface area contributed by atoms with E-state index in [0.717, 1.165) is 82.3 Å². The molecule has 6 unspecified atom stereocenters. The lowest BCUT2D eigenvalue weighted by Crippen LogP contribution is -2.64. The van der Waals surface area contributed by atoms with E-state index in [-0.39, 0.29) is 54.6 Å². The molecule has 1 fully saturated rings. The predicted molar refractivity (Wildman–Crippen MR) is 215 cm³/mol. The Morgan fingerprint density at radius 1 is 1.00 bits per heavy atom. The number of aliphatic hydroxyl groups excluding tert-OH is 2. The number of nitrogens with one attached hydrogen (secondary N) is 1. The molecular formula is C44H54N2O7S. The first-order chi connectivity index (χ1) is 26.2. The second kappa shape index (κ2) is 18.0. The quantitative estimate of drug-likeness (QED) is 0.0710. The molecule has 3 aromatic carbocycles. The van der Waals surface area contributed by atoms with Gasteiger partial charge in [-0.05, 0) is 123 Å². The molecule has 1 heterocycles. The Labute approximate surface area is 323 Å². The molecule has 0 radical (unpaired) electrons. The van der Waals surface area contributed by atoms with Gasteiger partial charge in [-0.2, -0.15) is 0 Å². The number of rotatable bonds is 17. The summed E-state index contributed by atoms with van der Waals surface area (Å²) in [6.45, 7) is 10.3. The predicted octanol–water partition coefficient (Wildman–Crippen LogP) is 9.11. The Kier molecular flexibility index (Phi) is 13.2. The number of nitrogens with zero attached hydrogens (tertiary/aromatic N) is 1. The molecule has 2 aliphatic carbocycles. The third-order valence-corrected chi connectivity index (χ3v) is 12.3. The van der Waals surface area contributed by atoms with Crippen molar-refractivity contribution in [3.8, 4) is 17.2 Å². The Morgan fingerprint density at radius 2 is 1.72 bits per heavy atom. The molecular weight excluding hydrogens is 701 g/mol. The lowest BCUT2D eigenvalue weighted by molar-refractivity contribution is -0.223. The van der Waals surface area contributed by atoms with E-state index in [9.17, 15) is 15.0 Å². The van der Waals surface area contributed by atoms with E-state index in [1.807, 2.05) is 42.5 Å². The molecule has 1 aliphatic heterocycles. The van der Waals surface area contributed by atoms with Gasteiger partial charge in [-0.25, -0.2) is 0 Å². The van der Waals surface area contributed by atoms with Gasteiger partial charge in [0.1, 0.15) is 24.4 Å². The van der Waals surface area contributed by atoms with Crippen molar-refractivity contribution in [2.24, 2.45) is 22.9 Å². The molecule has 3 aromatic rings. The molecule has 6 rings (SSSR count). The van der Waals surface area contributed by atoms with Crippen molar-refractivity contribution in [3.05, 3.63) is 102 Å². The number of carbonyl (C=O) groups excluding carboxylic acids is 1. The number of anilines is 1. The second-order valence-electron chi connectivity index (χ2n) is 14.6. The highest BCUT2D eigenvalue weighted by Gasteiger charge is 2.64. The zero-order valence-corrected chi connectivity index (χ0v) is 32.7. The van der Waals surface area contributed by atoms with Crippen LogP contribution in [-0.2, 0) is 14.4 Å². The fraction of sp³-hybridized carbons (Fsp3) is 0.455. The number of thioether (sulfide) groups is 1. The maximum absolute atomic E-state index is 11.7. The van der Waals surface area contributed by atoms with Crippen LogP contribution < -0.4 is 14.8 Å². The summed E-state index contributed by atoms with van der Waals surface area (Å²) in [5.41, 5.74) is 6.10. The fourth-order valence-electron chi connectivity index (χ4n) is 8.50. The van der Waals surface area contributed by atoms with Crippen LogP contribution in [0.1, 0.15) is 74.5 Å². The van der Waals surface area contributed by atoms with E-state index in [0.29, 0.717) is 12.8 Å². The number of hydrogen-bond donors (Lipinski definition) is 3. The average molecular weight is 755 g/mol. The topological polar surface area (TPSA) is 119 Å². The van der Waals surface area contributed by atoms with Crippen LogP contribution in [0.4, 0.5) is 5.69 Å².